The lowest BCUT2D eigenvalue weighted by atomic mass is 10.0. The molecule has 0 amide bonds. The summed E-state index contributed by atoms with van der Waals surface area (Å²) in [7, 11) is 1.26. The van der Waals surface area contributed by atoms with E-state index in [4.69, 9.17) is 33.2 Å². The number of ether oxygens (including phenoxy) is 7. The van der Waals surface area contributed by atoms with Crippen LogP contribution in [0.5, 0.6) is 11.5 Å². The molecule has 0 bridgehead atoms. The number of nitrogens with one attached hydrogen (secondary N) is 1. The molecule has 1 unspecified atom stereocenters. The van der Waals surface area contributed by atoms with Crippen LogP contribution in [0.25, 0.3) is 0 Å². The number of esters is 1. The Balaban J connectivity index is 2.97. The molecule has 12 nitrogen and oxygen atoms in total. The van der Waals surface area contributed by atoms with Crippen molar-refractivity contribution in [3.63, 3.8) is 0 Å². The Labute approximate surface area is 255 Å². The summed E-state index contributed by atoms with van der Waals surface area (Å²) in [6.45, 7) is 14.4. The van der Waals surface area contributed by atoms with Gasteiger partial charge in [0.2, 0.25) is 0 Å². The van der Waals surface area contributed by atoms with E-state index in [9.17, 15) is 19.2 Å². The van der Waals surface area contributed by atoms with Crippen molar-refractivity contribution in [3.05, 3.63) is 23.8 Å². The molecule has 244 valence electrons. The monoisotopic (exact) mass is 611 g/mol. The minimum atomic E-state index is -0.968. The predicted octanol–water partition coefficient (Wildman–Crippen LogP) is 6.07. The third-order valence-corrected chi connectivity index (χ3v) is 6.01. The maximum atomic E-state index is 12.5. The molecule has 1 aromatic rings. The minimum Gasteiger partial charge on any atom is -0.468 e. The molecule has 0 aromatic heterocycles. The van der Waals surface area contributed by atoms with E-state index >= 15 is 0 Å². The molecular weight excluding hydrogens is 562 g/mol. The van der Waals surface area contributed by atoms with Gasteiger partial charge >= 0.3 is 24.4 Å². The third kappa shape index (κ3) is 17.2. The van der Waals surface area contributed by atoms with Crippen molar-refractivity contribution in [2.45, 2.75) is 86.3 Å². The van der Waals surface area contributed by atoms with Crippen LogP contribution in [0, 0.1) is 17.8 Å². The standard InChI is InChI=1S/C31H49NO11/c1-20(2)11-14-38-29(34)41-23(7)19-32-25(28(33)37-8)17-24-9-10-26(42-30(35)39-15-12-21(3)4)27(18-24)43-31(36)40-16-13-22(5)6/h9-10,18,20-23,25,32H,11-17,19H2,1-8H3/t23?,25-/m0/s1. The first-order valence-electron chi connectivity index (χ1n) is 14.8. The lowest BCUT2D eigenvalue weighted by Gasteiger charge is -2.20. The maximum Gasteiger partial charge on any atom is 0.513 e. The van der Waals surface area contributed by atoms with Gasteiger partial charge in [0.15, 0.2) is 11.5 Å². The molecule has 0 saturated carbocycles. The number of benzene rings is 1. The molecule has 0 saturated heterocycles. The molecule has 43 heavy (non-hydrogen) atoms. The van der Waals surface area contributed by atoms with Gasteiger partial charge in [-0.25, -0.2) is 14.4 Å². The molecule has 12 heteroatoms. The molecule has 0 heterocycles. The Morgan fingerprint density at radius 2 is 1.19 bits per heavy atom. The zero-order chi connectivity index (χ0) is 32.4. The first kappa shape index (κ1) is 37.5. The fourth-order valence-corrected chi connectivity index (χ4v) is 3.38. The lowest BCUT2D eigenvalue weighted by molar-refractivity contribution is -0.143. The van der Waals surface area contributed by atoms with Gasteiger partial charge in [0.25, 0.3) is 0 Å². The van der Waals surface area contributed by atoms with Crippen LogP contribution in [-0.2, 0) is 34.9 Å². The van der Waals surface area contributed by atoms with Crippen molar-refractivity contribution in [1.29, 1.82) is 0 Å². The summed E-state index contributed by atoms with van der Waals surface area (Å²) in [5, 5.41) is 3.03. The van der Waals surface area contributed by atoms with Crippen molar-refractivity contribution >= 4 is 24.4 Å². The maximum absolute atomic E-state index is 12.5. The molecule has 0 spiro atoms. The third-order valence-electron chi connectivity index (χ3n) is 6.01. The Bertz CT molecular complexity index is 1010. The predicted molar refractivity (Wildman–Crippen MR) is 158 cm³/mol. The number of hydrogen-bond acceptors (Lipinski definition) is 12. The summed E-state index contributed by atoms with van der Waals surface area (Å²) in [5.41, 5.74) is 0.551. The molecule has 1 N–H and O–H groups in total. The van der Waals surface area contributed by atoms with Crippen molar-refractivity contribution in [1.82, 2.24) is 5.32 Å². The van der Waals surface area contributed by atoms with Crippen molar-refractivity contribution in [3.8, 4) is 11.5 Å². The van der Waals surface area contributed by atoms with E-state index in [-0.39, 0.29) is 44.3 Å². The van der Waals surface area contributed by atoms with Gasteiger partial charge in [-0.05, 0) is 68.1 Å². The summed E-state index contributed by atoms with van der Waals surface area (Å²) in [6, 6.07) is 3.66. The summed E-state index contributed by atoms with van der Waals surface area (Å²) in [5.74, 6) is 0.342. The lowest BCUT2D eigenvalue weighted by Crippen LogP contribution is -2.43. The van der Waals surface area contributed by atoms with Crippen LogP contribution in [0.15, 0.2) is 18.2 Å². The van der Waals surface area contributed by atoms with Crippen LogP contribution in [0.2, 0.25) is 0 Å². The van der Waals surface area contributed by atoms with Crippen molar-refractivity contribution in [2.75, 3.05) is 33.5 Å². The molecule has 2 atom stereocenters. The van der Waals surface area contributed by atoms with Gasteiger partial charge in [0.1, 0.15) is 12.1 Å². The van der Waals surface area contributed by atoms with Gasteiger partial charge in [-0.2, -0.15) is 0 Å². The molecule has 0 aliphatic rings. The molecular formula is C31H49NO11. The van der Waals surface area contributed by atoms with Gasteiger partial charge in [0.05, 0.1) is 26.9 Å². The topological polar surface area (TPSA) is 145 Å². The second-order valence-corrected chi connectivity index (χ2v) is 11.4. The first-order chi connectivity index (χ1) is 20.3. The minimum absolute atomic E-state index is 0.0558. The number of rotatable bonds is 18. The van der Waals surface area contributed by atoms with Crippen LogP contribution >= 0.6 is 0 Å². The van der Waals surface area contributed by atoms with E-state index in [1.807, 2.05) is 41.5 Å². The average molecular weight is 612 g/mol. The smallest absolute Gasteiger partial charge is 0.468 e. The summed E-state index contributed by atoms with van der Waals surface area (Å²) in [6.07, 6.45) is -1.18. The number of carbonyl (C=O) groups is 4. The number of hydrogen-bond donors (Lipinski definition) is 1. The molecule has 1 aromatic carbocycles. The highest BCUT2D eigenvalue weighted by molar-refractivity contribution is 5.76. The SMILES string of the molecule is COC(=O)[C@H](Cc1ccc(OC(=O)OCCC(C)C)c(OC(=O)OCCC(C)C)c1)NCC(C)OC(=O)OCCC(C)C. The van der Waals surface area contributed by atoms with Gasteiger partial charge in [-0.15, -0.1) is 0 Å². The van der Waals surface area contributed by atoms with E-state index in [0.717, 1.165) is 6.42 Å². The Hall–Kier alpha value is -3.54. The van der Waals surface area contributed by atoms with Crippen molar-refractivity contribution in [2.24, 2.45) is 17.8 Å². The zero-order valence-electron chi connectivity index (χ0n) is 26.8. The zero-order valence-corrected chi connectivity index (χ0v) is 26.8. The van der Waals surface area contributed by atoms with E-state index in [1.165, 1.54) is 19.2 Å². The quantitative estimate of drug-likeness (QED) is 0.117. The highest BCUT2D eigenvalue weighted by atomic mass is 16.7. The molecule has 0 radical (unpaired) electrons. The fourth-order valence-electron chi connectivity index (χ4n) is 3.38. The number of carbonyl (C=O) groups excluding carboxylic acids is 4. The Morgan fingerprint density at radius 3 is 1.67 bits per heavy atom. The van der Waals surface area contributed by atoms with Gasteiger partial charge in [-0.1, -0.05) is 47.6 Å². The molecule has 0 aliphatic carbocycles. The van der Waals surface area contributed by atoms with E-state index in [1.54, 1.807) is 13.0 Å². The van der Waals surface area contributed by atoms with Crippen LogP contribution < -0.4 is 14.8 Å². The normalized spacial score (nSPS) is 12.4. The first-order valence-corrected chi connectivity index (χ1v) is 14.8. The summed E-state index contributed by atoms with van der Waals surface area (Å²) in [4.78, 5) is 49.1. The van der Waals surface area contributed by atoms with Gasteiger partial charge in [-0.3, -0.25) is 4.79 Å². The van der Waals surface area contributed by atoms with Crippen molar-refractivity contribution < 1.29 is 52.3 Å². The molecule has 0 fully saturated rings. The fraction of sp³-hybridized carbons (Fsp3) is 0.677. The molecule has 1 rings (SSSR count). The highest BCUT2D eigenvalue weighted by Crippen LogP contribution is 2.30. The van der Waals surface area contributed by atoms with E-state index in [2.05, 4.69) is 5.32 Å². The van der Waals surface area contributed by atoms with Crippen LogP contribution in [0.3, 0.4) is 0 Å². The second-order valence-electron chi connectivity index (χ2n) is 11.4. The largest absolute Gasteiger partial charge is 0.513 e. The van der Waals surface area contributed by atoms with E-state index < -0.39 is 36.6 Å². The number of methoxy groups -OCH3 is 1. The van der Waals surface area contributed by atoms with Gasteiger partial charge in [0, 0.05) is 6.54 Å². The van der Waals surface area contributed by atoms with Gasteiger partial charge < -0.3 is 38.5 Å². The second kappa shape index (κ2) is 20.4. The average Bonchev–Trinajstić information content (AvgIpc) is 2.91. The highest BCUT2D eigenvalue weighted by Gasteiger charge is 2.23. The Morgan fingerprint density at radius 1 is 0.698 bits per heavy atom. The van der Waals surface area contributed by atoms with Crippen LogP contribution in [0.1, 0.15) is 73.3 Å². The summed E-state index contributed by atoms with van der Waals surface area (Å²) >= 11 is 0. The van der Waals surface area contributed by atoms with E-state index in [0.29, 0.717) is 36.2 Å². The molecule has 0 aliphatic heterocycles. The summed E-state index contributed by atoms with van der Waals surface area (Å²) < 4.78 is 36.2. The van der Waals surface area contributed by atoms with Crippen LogP contribution in [-0.4, -0.2) is 70.1 Å². The van der Waals surface area contributed by atoms with Crippen LogP contribution in [0.4, 0.5) is 14.4 Å². The Kier molecular flexibility index (Phi) is 17.8.